The SMILES string of the molecule is COc1ccc(C=NNC(=O)CSc2nc3ccccc3n2Cc2ccc(C)cc2)cc1. The Morgan fingerprint density at radius 3 is 2.59 bits per heavy atom. The van der Waals surface area contributed by atoms with Crippen LogP contribution in [0, 0.1) is 6.92 Å². The molecule has 3 aromatic carbocycles. The fourth-order valence-electron chi connectivity index (χ4n) is 3.22. The largest absolute Gasteiger partial charge is 0.497 e. The number of aryl methyl sites for hydroxylation is 1. The highest BCUT2D eigenvalue weighted by atomic mass is 32.2. The number of benzene rings is 3. The molecule has 0 saturated heterocycles. The first kappa shape index (κ1) is 21.6. The molecule has 4 rings (SSSR count). The number of nitrogens with one attached hydrogen (secondary N) is 1. The molecule has 0 aliphatic heterocycles. The van der Waals surface area contributed by atoms with Crippen molar-refractivity contribution in [1.82, 2.24) is 15.0 Å². The van der Waals surface area contributed by atoms with Gasteiger partial charge in [-0.15, -0.1) is 0 Å². The van der Waals surface area contributed by atoms with E-state index in [0.717, 1.165) is 27.5 Å². The maximum absolute atomic E-state index is 12.3. The Labute approximate surface area is 191 Å². The number of hydrazone groups is 1. The first-order valence-corrected chi connectivity index (χ1v) is 11.2. The molecule has 32 heavy (non-hydrogen) atoms. The Morgan fingerprint density at radius 1 is 1.09 bits per heavy atom. The Kier molecular flexibility index (Phi) is 6.87. The van der Waals surface area contributed by atoms with Crippen LogP contribution in [0.4, 0.5) is 0 Å². The summed E-state index contributed by atoms with van der Waals surface area (Å²) in [6.07, 6.45) is 1.61. The van der Waals surface area contributed by atoms with Gasteiger partial charge in [0.05, 0.1) is 36.7 Å². The van der Waals surface area contributed by atoms with E-state index in [4.69, 9.17) is 9.72 Å². The molecule has 1 aromatic heterocycles. The van der Waals surface area contributed by atoms with E-state index in [1.54, 1.807) is 13.3 Å². The molecule has 6 nitrogen and oxygen atoms in total. The number of para-hydroxylation sites is 2. The Morgan fingerprint density at radius 2 is 1.84 bits per heavy atom. The van der Waals surface area contributed by atoms with E-state index in [9.17, 15) is 4.79 Å². The van der Waals surface area contributed by atoms with Gasteiger partial charge in [0, 0.05) is 0 Å². The number of hydrogen-bond acceptors (Lipinski definition) is 5. The fraction of sp³-hybridized carbons (Fsp3) is 0.160. The van der Waals surface area contributed by atoms with Crippen LogP contribution in [-0.2, 0) is 11.3 Å². The summed E-state index contributed by atoms with van der Waals surface area (Å²) < 4.78 is 7.29. The number of carbonyl (C=O) groups excluding carboxylic acids is 1. The van der Waals surface area contributed by atoms with Crippen LogP contribution in [0.15, 0.2) is 83.1 Å². The summed E-state index contributed by atoms with van der Waals surface area (Å²) >= 11 is 1.40. The standard InChI is InChI=1S/C25H24N4O2S/c1-18-7-9-20(10-8-18)16-29-23-6-4-3-5-22(23)27-25(29)32-17-24(30)28-26-15-19-11-13-21(31-2)14-12-19/h3-15H,16-17H2,1-2H3,(H,28,30). The highest BCUT2D eigenvalue weighted by molar-refractivity contribution is 7.99. The van der Waals surface area contributed by atoms with Crippen molar-refractivity contribution in [1.29, 1.82) is 0 Å². The lowest BCUT2D eigenvalue weighted by atomic mass is 10.1. The van der Waals surface area contributed by atoms with Crippen LogP contribution < -0.4 is 10.2 Å². The lowest BCUT2D eigenvalue weighted by molar-refractivity contribution is -0.118. The van der Waals surface area contributed by atoms with Crippen LogP contribution in [0.5, 0.6) is 5.75 Å². The first-order chi connectivity index (χ1) is 15.6. The van der Waals surface area contributed by atoms with Gasteiger partial charge in [0.2, 0.25) is 0 Å². The maximum Gasteiger partial charge on any atom is 0.250 e. The van der Waals surface area contributed by atoms with Crippen LogP contribution in [0.2, 0.25) is 0 Å². The molecule has 4 aromatic rings. The van der Waals surface area contributed by atoms with Gasteiger partial charge in [-0.1, -0.05) is 53.7 Å². The summed E-state index contributed by atoms with van der Waals surface area (Å²) in [6.45, 7) is 2.77. The van der Waals surface area contributed by atoms with E-state index in [1.165, 1.54) is 22.9 Å². The molecule has 0 radical (unpaired) electrons. The maximum atomic E-state index is 12.3. The minimum Gasteiger partial charge on any atom is -0.497 e. The van der Waals surface area contributed by atoms with Gasteiger partial charge in [-0.05, 0) is 54.4 Å². The minimum absolute atomic E-state index is 0.186. The van der Waals surface area contributed by atoms with Crippen LogP contribution in [0.25, 0.3) is 11.0 Å². The van der Waals surface area contributed by atoms with Crippen molar-refractivity contribution >= 4 is 34.9 Å². The number of imidazole rings is 1. The summed E-state index contributed by atoms with van der Waals surface area (Å²) in [7, 11) is 1.62. The second-order valence-electron chi connectivity index (χ2n) is 7.31. The zero-order valence-corrected chi connectivity index (χ0v) is 18.8. The molecule has 0 bridgehead atoms. The second kappa shape index (κ2) is 10.2. The third-order valence-electron chi connectivity index (χ3n) is 4.93. The third-order valence-corrected chi connectivity index (χ3v) is 5.91. The van der Waals surface area contributed by atoms with Crippen molar-refractivity contribution in [3.05, 3.63) is 89.5 Å². The van der Waals surface area contributed by atoms with Crippen molar-refractivity contribution in [2.75, 3.05) is 12.9 Å². The Balaban J connectivity index is 1.42. The molecular formula is C25H24N4O2S. The van der Waals surface area contributed by atoms with Crippen LogP contribution in [-0.4, -0.2) is 34.5 Å². The van der Waals surface area contributed by atoms with Gasteiger partial charge >= 0.3 is 0 Å². The quantitative estimate of drug-likeness (QED) is 0.244. The zero-order chi connectivity index (χ0) is 22.3. The molecule has 162 valence electrons. The van der Waals surface area contributed by atoms with E-state index in [0.29, 0.717) is 6.54 Å². The van der Waals surface area contributed by atoms with Crippen LogP contribution in [0.1, 0.15) is 16.7 Å². The minimum atomic E-state index is -0.186. The fourth-order valence-corrected chi connectivity index (χ4v) is 4.03. The van der Waals surface area contributed by atoms with Crippen molar-refractivity contribution in [2.24, 2.45) is 5.10 Å². The lowest BCUT2D eigenvalue weighted by Crippen LogP contribution is -2.20. The Bertz CT molecular complexity index is 1230. The van der Waals surface area contributed by atoms with Gasteiger partial charge in [-0.25, -0.2) is 10.4 Å². The summed E-state index contributed by atoms with van der Waals surface area (Å²) in [5.41, 5.74) is 7.84. The number of aromatic nitrogens is 2. The molecule has 1 N–H and O–H groups in total. The van der Waals surface area contributed by atoms with Gasteiger partial charge in [0.1, 0.15) is 5.75 Å². The number of carbonyl (C=O) groups is 1. The van der Waals surface area contributed by atoms with E-state index in [1.807, 2.05) is 42.5 Å². The molecule has 1 amide bonds. The summed E-state index contributed by atoms with van der Waals surface area (Å²) in [5.74, 6) is 0.807. The van der Waals surface area contributed by atoms with Crippen LogP contribution in [0.3, 0.4) is 0 Å². The number of hydrogen-bond donors (Lipinski definition) is 1. The monoisotopic (exact) mass is 444 g/mol. The number of ether oxygens (including phenoxy) is 1. The molecule has 0 aliphatic carbocycles. The molecule has 0 aliphatic rings. The zero-order valence-electron chi connectivity index (χ0n) is 18.0. The molecule has 7 heteroatoms. The Hall–Kier alpha value is -3.58. The van der Waals surface area contributed by atoms with Crippen molar-refractivity contribution in [3.63, 3.8) is 0 Å². The molecule has 1 heterocycles. The van der Waals surface area contributed by atoms with Gasteiger partial charge < -0.3 is 9.30 Å². The number of rotatable bonds is 8. The highest BCUT2D eigenvalue weighted by Gasteiger charge is 2.13. The second-order valence-corrected chi connectivity index (χ2v) is 8.25. The highest BCUT2D eigenvalue weighted by Crippen LogP contribution is 2.25. The van der Waals surface area contributed by atoms with Crippen molar-refractivity contribution in [2.45, 2.75) is 18.6 Å². The lowest BCUT2D eigenvalue weighted by Gasteiger charge is -2.09. The molecular weight excluding hydrogens is 420 g/mol. The predicted octanol–water partition coefficient (Wildman–Crippen LogP) is 4.64. The average Bonchev–Trinajstić information content (AvgIpc) is 3.17. The predicted molar refractivity (Wildman–Crippen MR) is 129 cm³/mol. The molecule has 0 spiro atoms. The molecule has 0 unspecified atom stereocenters. The van der Waals surface area contributed by atoms with E-state index < -0.39 is 0 Å². The normalized spacial score (nSPS) is 11.2. The first-order valence-electron chi connectivity index (χ1n) is 10.2. The average molecular weight is 445 g/mol. The summed E-state index contributed by atoms with van der Waals surface area (Å²) in [5, 5.41) is 4.85. The smallest absolute Gasteiger partial charge is 0.250 e. The molecule has 0 atom stereocenters. The van der Waals surface area contributed by atoms with Crippen LogP contribution >= 0.6 is 11.8 Å². The number of methoxy groups -OCH3 is 1. The van der Waals surface area contributed by atoms with Crippen molar-refractivity contribution < 1.29 is 9.53 Å². The van der Waals surface area contributed by atoms with E-state index in [-0.39, 0.29) is 11.7 Å². The molecule has 0 saturated carbocycles. The van der Waals surface area contributed by atoms with Crippen molar-refractivity contribution in [3.8, 4) is 5.75 Å². The third kappa shape index (κ3) is 5.36. The summed E-state index contributed by atoms with van der Waals surface area (Å²) in [6, 6.07) is 23.9. The van der Waals surface area contributed by atoms with Gasteiger partial charge in [-0.3, -0.25) is 4.79 Å². The topological polar surface area (TPSA) is 68.5 Å². The number of thioether (sulfide) groups is 1. The van der Waals surface area contributed by atoms with Gasteiger partial charge in [0.25, 0.3) is 5.91 Å². The number of fused-ring (bicyclic) bond motifs is 1. The molecule has 0 fully saturated rings. The van der Waals surface area contributed by atoms with E-state index >= 15 is 0 Å². The van der Waals surface area contributed by atoms with E-state index in [2.05, 4.69) is 52.3 Å². The van der Waals surface area contributed by atoms with Gasteiger partial charge in [-0.2, -0.15) is 5.10 Å². The number of amides is 1. The summed E-state index contributed by atoms with van der Waals surface area (Å²) in [4.78, 5) is 17.1. The number of nitrogens with zero attached hydrogens (tertiary/aromatic N) is 3. The van der Waals surface area contributed by atoms with Gasteiger partial charge in [0.15, 0.2) is 5.16 Å².